The highest BCUT2D eigenvalue weighted by atomic mass is 35.5. The number of carbonyl (C=O) groups excluding carboxylic acids is 1. The van der Waals surface area contributed by atoms with Crippen LogP contribution in [0, 0.1) is 0 Å². The van der Waals surface area contributed by atoms with E-state index < -0.39 is 0 Å². The molecule has 0 aliphatic carbocycles. The molecule has 2 aromatic rings. The van der Waals surface area contributed by atoms with E-state index in [0.717, 1.165) is 10.6 Å². The van der Waals surface area contributed by atoms with E-state index in [1.807, 2.05) is 29.1 Å². The topological polar surface area (TPSA) is 29.1 Å². The van der Waals surface area contributed by atoms with Crippen LogP contribution >= 0.6 is 34.7 Å². The molecule has 1 heterocycles. The van der Waals surface area contributed by atoms with E-state index >= 15 is 0 Å². The largest absolute Gasteiger partial charge is 0.321 e. The first kappa shape index (κ1) is 12.5. The highest BCUT2D eigenvalue weighted by molar-refractivity contribution is 7.98. The van der Waals surface area contributed by atoms with E-state index in [1.165, 1.54) is 11.3 Å². The summed E-state index contributed by atoms with van der Waals surface area (Å²) in [6.07, 6.45) is 1.96. The van der Waals surface area contributed by atoms with E-state index in [0.29, 0.717) is 10.6 Å². The van der Waals surface area contributed by atoms with E-state index in [2.05, 4.69) is 5.32 Å². The van der Waals surface area contributed by atoms with Gasteiger partial charge in [0.25, 0.3) is 5.91 Å². The van der Waals surface area contributed by atoms with Gasteiger partial charge in [-0.3, -0.25) is 4.79 Å². The van der Waals surface area contributed by atoms with Crippen molar-refractivity contribution in [3.63, 3.8) is 0 Å². The van der Waals surface area contributed by atoms with Crippen LogP contribution in [0.1, 0.15) is 10.4 Å². The maximum absolute atomic E-state index is 12.0. The molecule has 0 saturated carbocycles. The quantitative estimate of drug-likeness (QED) is 0.847. The summed E-state index contributed by atoms with van der Waals surface area (Å²) >= 11 is 9.14. The molecule has 0 radical (unpaired) electrons. The lowest BCUT2D eigenvalue weighted by Crippen LogP contribution is -2.11. The molecule has 0 aliphatic rings. The summed E-state index contributed by atoms with van der Waals surface area (Å²) in [6.45, 7) is 0. The third-order valence-electron chi connectivity index (χ3n) is 2.20. The van der Waals surface area contributed by atoms with Crippen molar-refractivity contribution >= 4 is 46.3 Å². The molecule has 0 fully saturated rings. The molecular weight excluding hydrogens is 274 g/mol. The molecule has 0 spiro atoms. The van der Waals surface area contributed by atoms with E-state index in [-0.39, 0.29) is 5.91 Å². The Morgan fingerprint density at radius 2 is 2.24 bits per heavy atom. The van der Waals surface area contributed by atoms with Crippen LogP contribution in [-0.4, -0.2) is 12.2 Å². The van der Waals surface area contributed by atoms with Gasteiger partial charge in [0.2, 0.25) is 0 Å². The average Bonchev–Trinajstić information content (AvgIpc) is 2.82. The average molecular weight is 284 g/mol. The van der Waals surface area contributed by atoms with E-state index in [9.17, 15) is 4.79 Å². The fraction of sp³-hybridized carbons (Fsp3) is 0.0833. The van der Waals surface area contributed by atoms with Gasteiger partial charge in [0, 0.05) is 10.3 Å². The number of thiophene rings is 1. The second-order valence-corrected chi connectivity index (χ2v) is 5.38. The molecule has 0 aliphatic heterocycles. The lowest BCUT2D eigenvalue weighted by molar-refractivity contribution is 0.102. The van der Waals surface area contributed by atoms with Gasteiger partial charge in [0.15, 0.2) is 0 Å². The predicted molar refractivity (Wildman–Crippen MR) is 75.5 cm³/mol. The molecule has 2 nitrogen and oxygen atoms in total. The fourth-order valence-electron chi connectivity index (χ4n) is 1.34. The molecule has 88 valence electrons. The SMILES string of the molecule is CSc1ccc(Cl)c(C(=O)Nc2ccsc2)c1. The van der Waals surface area contributed by atoms with Gasteiger partial charge in [-0.05, 0) is 35.9 Å². The van der Waals surface area contributed by atoms with Gasteiger partial charge >= 0.3 is 0 Å². The minimum atomic E-state index is -0.177. The zero-order valence-electron chi connectivity index (χ0n) is 9.07. The molecule has 1 amide bonds. The molecular formula is C12H10ClNOS2. The maximum Gasteiger partial charge on any atom is 0.257 e. The minimum absolute atomic E-state index is 0.177. The summed E-state index contributed by atoms with van der Waals surface area (Å²) in [4.78, 5) is 13.0. The van der Waals surface area contributed by atoms with Gasteiger partial charge in [-0.1, -0.05) is 11.6 Å². The first-order valence-corrected chi connectivity index (χ1v) is 7.42. The van der Waals surface area contributed by atoms with Crippen LogP contribution in [0.5, 0.6) is 0 Å². The summed E-state index contributed by atoms with van der Waals surface area (Å²) in [7, 11) is 0. The Bertz CT molecular complexity index is 525. The number of anilines is 1. The minimum Gasteiger partial charge on any atom is -0.321 e. The van der Waals surface area contributed by atoms with Crippen molar-refractivity contribution in [3.05, 3.63) is 45.6 Å². The molecule has 5 heteroatoms. The summed E-state index contributed by atoms with van der Waals surface area (Å²) in [6, 6.07) is 7.30. The van der Waals surface area contributed by atoms with Crippen LogP contribution in [0.4, 0.5) is 5.69 Å². The van der Waals surface area contributed by atoms with Gasteiger partial charge in [-0.15, -0.1) is 11.8 Å². The standard InChI is InChI=1S/C12H10ClNOS2/c1-16-9-2-3-11(13)10(6-9)12(15)14-8-4-5-17-7-8/h2-7H,1H3,(H,14,15). The van der Waals surface area contributed by atoms with Crippen molar-refractivity contribution in [2.45, 2.75) is 4.90 Å². The Labute approximate surface area is 113 Å². The van der Waals surface area contributed by atoms with Crippen LogP contribution in [0.15, 0.2) is 39.9 Å². The number of nitrogens with one attached hydrogen (secondary N) is 1. The van der Waals surface area contributed by atoms with Crippen LogP contribution in [0.25, 0.3) is 0 Å². The smallest absolute Gasteiger partial charge is 0.257 e. The normalized spacial score (nSPS) is 10.2. The van der Waals surface area contributed by atoms with Gasteiger partial charge in [-0.25, -0.2) is 0 Å². The van der Waals surface area contributed by atoms with E-state index in [1.54, 1.807) is 23.9 Å². The number of halogens is 1. The molecule has 1 N–H and O–H groups in total. The Kier molecular flexibility index (Phi) is 4.10. The number of carbonyl (C=O) groups is 1. The van der Waals surface area contributed by atoms with Gasteiger partial charge < -0.3 is 5.32 Å². The number of amides is 1. The first-order valence-electron chi connectivity index (χ1n) is 4.88. The molecule has 0 saturated heterocycles. The van der Waals surface area contributed by atoms with Crippen LogP contribution < -0.4 is 5.32 Å². The van der Waals surface area contributed by atoms with Crippen molar-refractivity contribution in [3.8, 4) is 0 Å². The molecule has 1 aromatic heterocycles. The third-order valence-corrected chi connectivity index (χ3v) is 3.94. The Morgan fingerprint density at radius 3 is 2.88 bits per heavy atom. The summed E-state index contributed by atoms with van der Waals surface area (Å²) < 4.78 is 0. The number of benzene rings is 1. The van der Waals surface area contributed by atoms with Crippen LogP contribution in [0.3, 0.4) is 0 Å². The summed E-state index contributed by atoms with van der Waals surface area (Å²) in [5.41, 5.74) is 1.30. The van der Waals surface area contributed by atoms with Crippen molar-refractivity contribution in [1.29, 1.82) is 0 Å². The molecule has 0 atom stereocenters. The number of hydrogen-bond acceptors (Lipinski definition) is 3. The zero-order valence-corrected chi connectivity index (χ0v) is 11.5. The Morgan fingerprint density at radius 1 is 1.41 bits per heavy atom. The van der Waals surface area contributed by atoms with Crippen LogP contribution in [0.2, 0.25) is 5.02 Å². The van der Waals surface area contributed by atoms with Crippen molar-refractivity contribution in [2.24, 2.45) is 0 Å². The Balaban J connectivity index is 2.24. The second kappa shape index (κ2) is 5.58. The van der Waals surface area contributed by atoms with Crippen molar-refractivity contribution < 1.29 is 4.79 Å². The molecule has 17 heavy (non-hydrogen) atoms. The fourth-order valence-corrected chi connectivity index (χ4v) is 2.57. The number of rotatable bonds is 3. The predicted octanol–water partition coefficient (Wildman–Crippen LogP) is 4.38. The molecule has 2 rings (SSSR count). The maximum atomic E-state index is 12.0. The lowest BCUT2D eigenvalue weighted by atomic mass is 10.2. The lowest BCUT2D eigenvalue weighted by Gasteiger charge is -2.06. The van der Waals surface area contributed by atoms with Crippen LogP contribution in [-0.2, 0) is 0 Å². The monoisotopic (exact) mass is 283 g/mol. The third kappa shape index (κ3) is 3.03. The summed E-state index contributed by atoms with van der Waals surface area (Å²) in [5, 5.41) is 7.07. The summed E-state index contributed by atoms with van der Waals surface area (Å²) in [5.74, 6) is -0.177. The first-order chi connectivity index (χ1) is 8.20. The van der Waals surface area contributed by atoms with Crippen molar-refractivity contribution in [1.82, 2.24) is 0 Å². The van der Waals surface area contributed by atoms with Gasteiger partial charge in [-0.2, -0.15) is 11.3 Å². The van der Waals surface area contributed by atoms with Gasteiger partial charge in [0.1, 0.15) is 0 Å². The van der Waals surface area contributed by atoms with Crippen molar-refractivity contribution in [2.75, 3.05) is 11.6 Å². The molecule has 0 unspecified atom stereocenters. The highest BCUT2D eigenvalue weighted by Gasteiger charge is 2.11. The number of thioether (sulfide) groups is 1. The Hall–Kier alpha value is -0.970. The second-order valence-electron chi connectivity index (χ2n) is 3.31. The molecule has 1 aromatic carbocycles. The highest BCUT2D eigenvalue weighted by Crippen LogP contribution is 2.24. The molecule has 0 bridgehead atoms. The van der Waals surface area contributed by atoms with Gasteiger partial charge in [0.05, 0.1) is 16.3 Å². The van der Waals surface area contributed by atoms with E-state index in [4.69, 9.17) is 11.6 Å². The number of hydrogen-bond donors (Lipinski definition) is 1. The zero-order chi connectivity index (χ0) is 12.3.